The quantitative estimate of drug-likeness (QED) is 0.708. The number of H-pyrrole nitrogens is 1. The number of nitrogens with one attached hydrogen (secondary N) is 3. The summed E-state index contributed by atoms with van der Waals surface area (Å²) < 4.78 is 0. The first-order chi connectivity index (χ1) is 11.0. The zero-order valence-corrected chi connectivity index (χ0v) is 13.1. The lowest BCUT2D eigenvalue weighted by Gasteiger charge is -2.06. The average Bonchev–Trinajstić information content (AvgIpc) is 2.51. The number of hydrogen-bond donors (Lipinski definition) is 3. The summed E-state index contributed by atoms with van der Waals surface area (Å²) in [6.45, 7) is 1.89. The van der Waals surface area contributed by atoms with Crippen LogP contribution in [0.1, 0.15) is 17.3 Å². The van der Waals surface area contributed by atoms with Crippen molar-refractivity contribution < 1.29 is 9.59 Å². The Labute approximate surface area is 137 Å². The predicted octanol–water partition coefficient (Wildman–Crippen LogP) is 0.956. The highest BCUT2D eigenvalue weighted by Gasteiger charge is 2.12. The van der Waals surface area contributed by atoms with E-state index in [2.05, 4.69) is 20.6 Å². The van der Waals surface area contributed by atoms with Crippen LogP contribution in [-0.4, -0.2) is 34.9 Å². The molecule has 0 radical (unpaired) electrons. The zero-order valence-electron chi connectivity index (χ0n) is 12.4. The third kappa shape index (κ3) is 4.65. The van der Waals surface area contributed by atoms with Crippen molar-refractivity contribution in [2.45, 2.75) is 6.92 Å². The minimum atomic E-state index is -0.549. The van der Waals surface area contributed by atoms with Crippen LogP contribution in [0, 0.1) is 0 Å². The fourth-order valence-electron chi connectivity index (χ4n) is 1.82. The van der Waals surface area contributed by atoms with Gasteiger partial charge in [-0.2, -0.15) is 0 Å². The molecule has 8 heteroatoms. The molecular formula is C15H15ClN4O3. The van der Waals surface area contributed by atoms with E-state index in [9.17, 15) is 14.4 Å². The van der Waals surface area contributed by atoms with Crippen LogP contribution in [0.2, 0.25) is 5.02 Å². The van der Waals surface area contributed by atoms with E-state index in [0.717, 1.165) is 0 Å². The molecule has 0 unspecified atom stereocenters. The number of carbonyl (C=O) groups excluding carboxylic acids is 2. The predicted molar refractivity (Wildman–Crippen MR) is 86.3 cm³/mol. The van der Waals surface area contributed by atoms with Gasteiger partial charge in [-0.25, -0.2) is 4.98 Å². The second kappa shape index (κ2) is 7.55. The topological polar surface area (TPSA) is 104 Å². The minimum absolute atomic E-state index is 0.0921. The maximum atomic E-state index is 12.0. The van der Waals surface area contributed by atoms with Crippen LogP contribution in [0.4, 0.5) is 0 Å². The Balaban J connectivity index is 2.07. The molecular weight excluding hydrogens is 320 g/mol. The molecule has 7 nitrogen and oxygen atoms in total. The van der Waals surface area contributed by atoms with Crippen molar-refractivity contribution in [1.29, 1.82) is 0 Å². The summed E-state index contributed by atoms with van der Waals surface area (Å²) in [6, 6.07) is 6.79. The summed E-state index contributed by atoms with van der Waals surface area (Å²) in [5, 5.41) is 5.64. The normalized spacial score (nSPS) is 10.2. The third-order valence-electron chi connectivity index (χ3n) is 2.95. The molecule has 1 heterocycles. The number of halogens is 1. The summed E-state index contributed by atoms with van der Waals surface area (Å²) in [4.78, 5) is 41.3. The van der Waals surface area contributed by atoms with E-state index in [1.807, 2.05) is 0 Å². The Morgan fingerprint density at radius 3 is 2.43 bits per heavy atom. The molecule has 0 bridgehead atoms. The summed E-state index contributed by atoms with van der Waals surface area (Å²) in [6.07, 6.45) is 1.22. The molecule has 2 aromatic rings. The maximum absolute atomic E-state index is 12.0. The molecule has 120 valence electrons. The highest BCUT2D eigenvalue weighted by Crippen LogP contribution is 2.16. The Kier molecular flexibility index (Phi) is 5.48. The van der Waals surface area contributed by atoms with E-state index >= 15 is 0 Å². The highest BCUT2D eigenvalue weighted by atomic mass is 35.5. The number of benzene rings is 1. The van der Waals surface area contributed by atoms with Crippen LogP contribution in [0.5, 0.6) is 0 Å². The van der Waals surface area contributed by atoms with E-state index < -0.39 is 11.5 Å². The van der Waals surface area contributed by atoms with Crippen LogP contribution in [0.25, 0.3) is 11.4 Å². The number of hydrogen-bond acceptors (Lipinski definition) is 4. The number of rotatable bonds is 5. The van der Waals surface area contributed by atoms with Crippen molar-refractivity contribution in [1.82, 2.24) is 20.6 Å². The van der Waals surface area contributed by atoms with E-state index in [-0.39, 0.29) is 24.6 Å². The van der Waals surface area contributed by atoms with Gasteiger partial charge < -0.3 is 15.6 Å². The van der Waals surface area contributed by atoms with Gasteiger partial charge in [-0.15, -0.1) is 0 Å². The molecule has 0 fully saturated rings. The van der Waals surface area contributed by atoms with Gasteiger partial charge in [-0.1, -0.05) is 11.6 Å². The van der Waals surface area contributed by atoms with Gasteiger partial charge in [0.05, 0.1) is 0 Å². The summed E-state index contributed by atoms with van der Waals surface area (Å²) in [7, 11) is 0. The molecule has 2 rings (SSSR count). The van der Waals surface area contributed by atoms with Gasteiger partial charge >= 0.3 is 0 Å². The van der Waals surface area contributed by atoms with Crippen LogP contribution in [0.15, 0.2) is 35.3 Å². The molecule has 3 N–H and O–H groups in total. The lowest BCUT2D eigenvalue weighted by atomic mass is 10.2. The lowest BCUT2D eigenvalue weighted by molar-refractivity contribution is -0.118. The Morgan fingerprint density at radius 1 is 1.17 bits per heavy atom. The first kappa shape index (κ1) is 16.7. The second-order valence-corrected chi connectivity index (χ2v) is 5.16. The van der Waals surface area contributed by atoms with Crippen molar-refractivity contribution in [2.75, 3.05) is 13.1 Å². The Morgan fingerprint density at radius 2 is 1.83 bits per heavy atom. The van der Waals surface area contributed by atoms with Crippen molar-refractivity contribution >= 4 is 23.4 Å². The van der Waals surface area contributed by atoms with Gasteiger partial charge in [0.2, 0.25) is 5.91 Å². The number of nitrogens with zero attached hydrogens (tertiary/aromatic N) is 1. The van der Waals surface area contributed by atoms with Crippen LogP contribution in [0.3, 0.4) is 0 Å². The molecule has 0 saturated heterocycles. The summed E-state index contributed by atoms with van der Waals surface area (Å²) in [5.74, 6) is -0.390. The van der Waals surface area contributed by atoms with E-state index in [1.54, 1.807) is 24.3 Å². The van der Waals surface area contributed by atoms with E-state index in [1.165, 1.54) is 13.1 Å². The second-order valence-electron chi connectivity index (χ2n) is 4.72. The summed E-state index contributed by atoms with van der Waals surface area (Å²) in [5.41, 5.74) is 0.0524. The van der Waals surface area contributed by atoms with Gasteiger partial charge in [-0.3, -0.25) is 14.4 Å². The fourth-order valence-corrected chi connectivity index (χ4v) is 1.95. The summed E-state index contributed by atoms with van der Waals surface area (Å²) >= 11 is 5.81. The van der Waals surface area contributed by atoms with E-state index in [4.69, 9.17) is 11.6 Å². The van der Waals surface area contributed by atoms with Crippen LogP contribution < -0.4 is 16.2 Å². The molecule has 0 aliphatic heterocycles. The van der Waals surface area contributed by atoms with Crippen molar-refractivity contribution in [3.05, 3.63) is 51.4 Å². The van der Waals surface area contributed by atoms with Crippen molar-refractivity contribution in [3.8, 4) is 11.4 Å². The fraction of sp³-hybridized carbons (Fsp3) is 0.200. The van der Waals surface area contributed by atoms with Gasteiger partial charge in [0.15, 0.2) is 0 Å². The standard InChI is InChI=1S/C15H15ClN4O3/c1-9(21)17-6-7-18-14(22)12-8-19-13(20-15(12)23)10-2-4-11(16)5-3-10/h2-5,8H,6-7H2,1H3,(H,17,21)(H,18,22)(H,19,20,23). The van der Waals surface area contributed by atoms with Gasteiger partial charge in [0.25, 0.3) is 11.5 Å². The highest BCUT2D eigenvalue weighted by molar-refractivity contribution is 6.30. The smallest absolute Gasteiger partial charge is 0.264 e. The Hall–Kier alpha value is -2.67. The van der Waals surface area contributed by atoms with Crippen LogP contribution in [-0.2, 0) is 4.79 Å². The zero-order chi connectivity index (χ0) is 16.8. The third-order valence-corrected chi connectivity index (χ3v) is 3.20. The monoisotopic (exact) mass is 334 g/mol. The Bertz CT molecular complexity index is 771. The number of aromatic nitrogens is 2. The molecule has 2 amide bonds. The lowest BCUT2D eigenvalue weighted by Crippen LogP contribution is -2.36. The molecule has 0 aliphatic carbocycles. The molecule has 23 heavy (non-hydrogen) atoms. The molecule has 0 aliphatic rings. The number of amides is 2. The first-order valence-corrected chi connectivity index (χ1v) is 7.23. The van der Waals surface area contributed by atoms with Gasteiger partial charge in [0, 0.05) is 36.8 Å². The first-order valence-electron chi connectivity index (χ1n) is 6.85. The van der Waals surface area contributed by atoms with Crippen molar-refractivity contribution in [3.63, 3.8) is 0 Å². The maximum Gasteiger partial charge on any atom is 0.264 e. The number of carbonyl (C=O) groups is 2. The molecule has 0 atom stereocenters. The molecule has 1 aromatic heterocycles. The molecule has 0 saturated carbocycles. The van der Waals surface area contributed by atoms with E-state index in [0.29, 0.717) is 16.4 Å². The molecule has 0 spiro atoms. The largest absolute Gasteiger partial charge is 0.355 e. The SMILES string of the molecule is CC(=O)NCCNC(=O)c1cnc(-c2ccc(Cl)cc2)[nH]c1=O. The molecule has 1 aromatic carbocycles. The number of aromatic amines is 1. The minimum Gasteiger partial charge on any atom is -0.355 e. The van der Waals surface area contributed by atoms with Crippen LogP contribution >= 0.6 is 11.6 Å². The van der Waals surface area contributed by atoms with Gasteiger partial charge in [0.1, 0.15) is 11.4 Å². The van der Waals surface area contributed by atoms with Crippen molar-refractivity contribution in [2.24, 2.45) is 0 Å². The van der Waals surface area contributed by atoms with Gasteiger partial charge in [-0.05, 0) is 24.3 Å². The average molecular weight is 335 g/mol.